The smallest absolute Gasteiger partial charge is 0.323 e. The van der Waals surface area contributed by atoms with Crippen LogP contribution < -0.4 is 0 Å². The topological polar surface area (TPSA) is 101 Å². The Labute approximate surface area is 121 Å². The summed E-state index contributed by atoms with van der Waals surface area (Å²) in [5.74, 6) is -0.848. The Morgan fingerprint density at radius 3 is 2.71 bits per heavy atom. The number of amides is 1. The van der Waals surface area contributed by atoms with Crippen molar-refractivity contribution in [3.63, 3.8) is 0 Å². The SMILES string of the molecule is Cc1c(C(=O)N(CC(=O)O)CC(C)C)cnc2ncnn12. The average Bonchev–Trinajstić information content (AvgIpc) is 2.86. The number of hydrogen-bond donors (Lipinski definition) is 1. The number of aliphatic carboxylic acids is 1. The lowest BCUT2D eigenvalue weighted by molar-refractivity contribution is -0.137. The predicted octanol–water partition coefficient (Wildman–Crippen LogP) is 0.616. The Hall–Kier alpha value is -2.51. The monoisotopic (exact) mass is 291 g/mol. The van der Waals surface area contributed by atoms with Crippen LogP contribution >= 0.6 is 0 Å². The van der Waals surface area contributed by atoms with Gasteiger partial charge in [0.15, 0.2) is 0 Å². The summed E-state index contributed by atoms with van der Waals surface area (Å²) in [6.07, 6.45) is 2.77. The van der Waals surface area contributed by atoms with Crippen LogP contribution in [0.5, 0.6) is 0 Å². The van der Waals surface area contributed by atoms with Crippen molar-refractivity contribution in [2.75, 3.05) is 13.1 Å². The van der Waals surface area contributed by atoms with Crippen molar-refractivity contribution in [2.45, 2.75) is 20.8 Å². The number of rotatable bonds is 5. The standard InChI is InChI=1S/C13H17N5O3/c1-8(2)5-17(6-11(19)20)12(21)10-4-14-13-15-7-16-18(13)9(10)3/h4,7-8H,5-6H2,1-3H3,(H,19,20). The van der Waals surface area contributed by atoms with Crippen molar-refractivity contribution in [1.82, 2.24) is 24.5 Å². The number of nitrogens with zero attached hydrogens (tertiary/aromatic N) is 5. The lowest BCUT2D eigenvalue weighted by atomic mass is 10.1. The Kier molecular flexibility index (Phi) is 4.15. The van der Waals surface area contributed by atoms with Gasteiger partial charge in [-0.2, -0.15) is 10.1 Å². The van der Waals surface area contributed by atoms with Crippen molar-refractivity contribution in [3.05, 3.63) is 23.8 Å². The molecule has 0 aliphatic rings. The van der Waals surface area contributed by atoms with E-state index in [-0.39, 0.29) is 18.4 Å². The molecule has 2 aromatic heterocycles. The molecule has 0 fully saturated rings. The number of aryl methyl sites for hydroxylation is 1. The van der Waals surface area contributed by atoms with E-state index in [1.54, 1.807) is 6.92 Å². The van der Waals surface area contributed by atoms with Gasteiger partial charge < -0.3 is 10.0 Å². The molecule has 0 saturated heterocycles. The van der Waals surface area contributed by atoms with Gasteiger partial charge in [-0.1, -0.05) is 13.8 Å². The molecule has 0 saturated carbocycles. The van der Waals surface area contributed by atoms with E-state index >= 15 is 0 Å². The van der Waals surface area contributed by atoms with Crippen molar-refractivity contribution >= 4 is 17.7 Å². The maximum atomic E-state index is 12.6. The highest BCUT2D eigenvalue weighted by molar-refractivity contribution is 5.96. The molecule has 8 heteroatoms. The molecule has 8 nitrogen and oxygen atoms in total. The maximum absolute atomic E-state index is 12.6. The molecule has 112 valence electrons. The zero-order valence-electron chi connectivity index (χ0n) is 12.1. The molecule has 0 unspecified atom stereocenters. The van der Waals surface area contributed by atoms with Gasteiger partial charge in [0.1, 0.15) is 12.9 Å². The second-order valence-electron chi connectivity index (χ2n) is 5.20. The van der Waals surface area contributed by atoms with Gasteiger partial charge in [-0.05, 0) is 12.8 Å². The predicted molar refractivity (Wildman–Crippen MR) is 73.9 cm³/mol. The normalized spacial score (nSPS) is 11.0. The van der Waals surface area contributed by atoms with E-state index in [9.17, 15) is 9.59 Å². The van der Waals surface area contributed by atoms with E-state index in [1.807, 2.05) is 13.8 Å². The van der Waals surface area contributed by atoms with E-state index in [1.165, 1.54) is 21.9 Å². The zero-order valence-corrected chi connectivity index (χ0v) is 12.1. The molecule has 0 bridgehead atoms. The third-order valence-electron chi connectivity index (χ3n) is 2.98. The Bertz CT molecular complexity index is 679. The summed E-state index contributed by atoms with van der Waals surface area (Å²) >= 11 is 0. The fourth-order valence-electron chi connectivity index (χ4n) is 2.09. The minimum atomic E-state index is -1.04. The molecule has 2 rings (SSSR count). The third kappa shape index (κ3) is 3.15. The van der Waals surface area contributed by atoms with Gasteiger partial charge in [-0.3, -0.25) is 9.59 Å². The van der Waals surface area contributed by atoms with E-state index in [0.29, 0.717) is 23.6 Å². The molecule has 1 amide bonds. The van der Waals surface area contributed by atoms with Gasteiger partial charge in [-0.25, -0.2) is 9.50 Å². The van der Waals surface area contributed by atoms with E-state index in [2.05, 4.69) is 15.1 Å². The third-order valence-corrected chi connectivity index (χ3v) is 2.98. The number of carbonyl (C=O) groups is 2. The lowest BCUT2D eigenvalue weighted by Gasteiger charge is -2.23. The van der Waals surface area contributed by atoms with Crippen LogP contribution in [0.2, 0.25) is 0 Å². The van der Waals surface area contributed by atoms with Gasteiger partial charge in [0.05, 0.1) is 11.3 Å². The highest BCUT2D eigenvalue weighted by Gasteiger charge is 2.22. The first-order valence-corrected chi connectivity index (χ1v) is 6.56. The molecule has 0 atom stereocenters. The number of fused-ring (bicyclic) bond motifs is 1. The van der Waals surface area contributed by atoms with Crippen molar-refractivity contribution in [1.29, 1.82) is 0 Å². The van der Waals surface area contributed by atoms with Crippen LogP contribution in [0.15, 0.2) is 12.5 Å². The van der Waals surface area contributed by atoms with E-state index in [4.69, 9.17) is 5.11 Å². The van der Waals surface area contributed by atoms with Crippen LogP contribution in [0.4, 0.5) is 0 Å². The molecule has 21 heavy (non-hydrogen) atoms. The Balaban J connectivity index is 2.37. The summed E-state index contributed by atoms with van der Waals surface area (Å²) in [6, 6.07) is 0. The molecule has 1 N–H and O–H groups in total. The van der Waals surface area contributed by atoms with Crippen LogP contribution in [0.1, 0.15) is 29.9 Å². The van der Waals surface area contributed by atoms with E-state index < -0.39 is 5.97 Å². The molecule has 0 aliphatic heterocycles. The summed E-state index contributed by atoms with van der Waals surface area (Å²) in [6.45, 7) is 5.60. The molecular formula is C13H17N5O3. The highest BCUT2D eigenvalue weighted by Crippen LogP contribution is 2.12. The van der Waals surface area contributed by atoms with Crippen molar-refractivity contribution in [2.24, 2.45) is 5.92 Å². The fourth-order valence-corrected chi connectivity index (χ4v) is 2.09. The Morgan fingerprint density at radius 2 is 2.10 bits per heavy atom. The van der Waals surface area contributed by atoms with Crippen LogP contribution in [0.25, 0.3) is 5.78 Å². The van der Waals surface area contributed by atoms with Crippen molar-refractivity contribution in [3.8, 4) is 0 Å². The summed E-state index contributed by atoms with van der Waals surface area (Å²) in [5, 5.41) is 13.0. The van der Waals surface area contributed by atoms with Gasteiger partial charge in [-0.15, -0.1) is 0 Å². The zero-order chi connectivity index (χ0) is 15.6. The van der Waals surface area contributed by atoms with Gasteiger partial charge in [0.25, 0.3) is 11.7 Å². The number of carbonyl (C=O) groups excluding carboxylic acids is 1. The van der Waals surface area contributed by atoms with Crippen LogP contribution in [-0.2, 0) is 4.79 Å². The number of carboxylic acids is 1. The minimum absolute atomic E-state index is 0.164. The summed E-state index contributed by atoms with van der Waals surface area (Å²) in [5.41, 5.74) is 0.913. The summed E-state index contributed by atoms with van der Waals surface area (Å²) in [4.78, 5) is 32.8. The van der Waals surface area contributed by atoms with Crippen molar-refractivity contribution < 1.29 is 14.7 Å². The lowest BCUT2D eigenvalue weighted by Crippen LogP contribution is -2.38. The van der Waals surface area contributed by atoms with E-state index in [0.717, 1.165) is 0 Å². The first-order chi connectivity index (χ1) is 9.90. The molecule has 2 heterocycles. The highest BCUT2D eigenvalue weighted by atomic mass is 16.4. The molecule has 0 radical (unpaired) electrons. The summed E-state index contributed by atoms with van der Waals surface area (Å²) < 4.78 is 1.46. The average molecular weight is 291 g/mol. The largest absolute Gasteiger partial charge is 0.480 e. The molecule has 0 aliphatic carbocycles. The summed E-state index contributed by atoms with van der Waals surface area (Å²) in [7, 11) is 0. The van der Waals surface area contributed by atoms with Gasteiger partial charge in [0, 0.05) is 12.7 Å². The number of aromatic nitrogens is 4. The fraction of sp³-hybridized carbons (Fsp3) is 0.462. The quantitative estimate of drug-likeness (QED) is 0.866. The molecule has 2 aromatic rings. The second kappa shape index (κ2) is 5.86. The Morgan fingerprint density at radius 1 is 1.38 bits per heavy atom. The van der Waals surface area contributed by atoms with Gasteiger partial charge in [0.2, 0.25) is 0 Å². The first-order valence-electron chi connectivity index (χ1n) is 6.56. The number of hydrogen-bond acceptors (Lipinski definition) is 5. The van der Waals surface area contributed by atoms with Crippen LogP contribution in [0.3, 0.4) is 0 Å². The van der Waals surface area contributed by atoms with Crippen LogP contribution in [-0.4, -0.2) is 54.6 Å². The first kappa shape index (κ1) is 14.9. The molecular weight excluding hydrogens is 274 g/mol. The maximum Gasteiger partial charge on any atom is 0.323 e. The number of carboxylic acid groups (broad SMARTS) is 1. The van der Waals surface area contributed by atoms with Crippen LogP contribution in [0, 0.1) is 12.8 Å². The molecule has 0 spiro atoms. The van der Waals surface area contributed by atoms with Gasteiger partial charge >= 0.3 is 5.97 Å². The minimum Gasteiger partial charge on any atom is -0.480 e. The second-order valence-corrected chi connectivity index (χ2v) is 5.20. The molecule has 0 aromatic carbocycles.